The summed E-state index contributed by atoms with van der Waals surface area (Å²) in [4.78, 5) is 30.0. The molecule has 0 spiro atoms. The second-order valence-corrected chi connectivity index (χ2v) is 5.13. The lowest BCUT2D eigenvalue weighted by Crippen LogP contribution is -2.00. The Labute approximate surface area is 153 Å². The molecule has 0 aromatic carbocycles. The van der Waals surface area contributed by atoms with Crippen molar-refractivity contribution in [2.24, 2.45) is 0 Å². The van der Waals surface area contributed by atoms with E-state index in [2.05, 4.69) is 19.7 Å². The van der Waals surface area contributed by atoms with Gasteiger partial charge in [-0.3, -0.25) is 0 Å². The Morgan fingerprint density at radius 3 is 1.23 bits per heavy atom. The Balaban J connectivity index is -0.000000306. The Kier molecular flexibility index (Phi) is 20.6. The van der Waals surface area contributed by atoms with Crippen molar-refractivity contribution in [2.45, 2.75) is 45.4 Å². The molecular weight excluding hydrogens is 344 g/mol. The van der Waals surface area contributed by atoms with Gasteiger partial charge >= 0.3 is 17.9 Å². The Bertz CT molecular complexity index is 450. The number of unbranched alkanes of at least 4 members (excludes halogenated alkanes) is 1. The molecule has 0 atom stereocenters. The summed E-state index contributed by atoms with van der Waals surface area (Å²) >= 11 is 0. The fourth-order valence-electron chi connectivity index (χ4n) is 1.14. The van der Waals surface area contributed by atoms with Crippen molar-refractivity contribution >= 4 is 17.9 Å². The van der Waals surface area contributed by atoms with Crippen molar-refractivity contribution in [2.75, 3.05) is 13.2 Å². The summed E-state index contributed by atoms with van der Waals surface area (Å²) in [6.45, 7) is 11.8. The quantitative estimate of drug-likeness (QED) is 0.345. The highest BCUT2D eigenvalue weighted by atomic mass is 16.4. The largest absolute Gasteiger partial charge is 0.478 e. The van der Waals surface area contributed by atoms with Crippen LogP contribution in [0.1, 0.15) is 45.4 Å². The van der Waals surface area contributed by atoms with Crippen LogP contribution in [-0.2, 0) is 14.4 Å². The molecule has 0 saturated carbocycles. The van der Waals surface area contributed by atoms with Gasteiger partial charge in [-0.05, 0) is 25.7 Å². The second-order valence-electron chi connectivity index (χ2n) is 5.13. The maximum atomic E-state index is 10.1. The van der Waals surface area contributed by atoms with Gasteiger partial charge in [-0.2, -0.15) is 0 Å². The van der Waals surface area contributed by atoms with Gasteiger partial charge in [0, 0.05) is 36.4 Å². The molecule has 0 bridgehead atoms. The Morgan fingerprint density at radius 2 is 1.00 bits per heavy atom. The third kappa shape index (κ3) is 21.6. The first-order valence-electron chi connectivity index (χ1n) is 7.99. The minimum atomic E-state index is -1.04. The van der Waals surface area contributed by atoms with Crippen molar-refractivity contribution in [3.8, 4) is 0 Å². The van der Waals surface area contributed by atoms with E-state index in [0.717, 1.165) is 12.8 Å². The number of rotatable bonds is 11. The van der Waals surface area contributed by atoms with Crippen molar-refractivity contribution in [3.63, 3.8) is 0 Å². The van der Waals surface area contributed by atoms with Crippen LogP contribution in [0.5, 0.6) is 0 Å². The third-order valence-corrected chi connectivity index (χ3v) is 2.79. The second kappa shape index (κ2) is 18.9. The van der Waals surface area contributed by atoms with Gasteiger partial charge in [0.2, 0.25) is 0 Å². The van der Waals surface area contributed by atoms with E-state index in [4.69, 9.17) is 25.5 Å². The normalized spacial score (nSPS) is 8.88. The predicted molar refractivity (Wildman–Crippen MR) is 97.9 cm³/mol. The SMILES string of the molecule is C=C(CCCC)C(=O)O.C=C(CCCO)C(=O)O.C=C(CCO)C(=O)O. The highest BCUT2D eigenvalue weighted by molar-refractivity contribution is 5.86. The van der Waals surface area contributed by atoms with Crippen LogP contribution in [0.4, 0.5) is 0 Å². The lowest BCUT2D eigenvalue weighted by molar-refractivity contribution is -0.133. The average Bonchev–Trinajstić information content (AvgIpc) is 2.58. The fraction of sp³-hybridized carbons (Fsp3) is 0.500. The summed E-state index contributed by atoms with van der Waals surface area (Å²) in [6, 6.07) is 0. The molecule has 0 aliphatic carbocycles. The zero-order chi connectivity index (χ0) is 21.1. The molecule has 150 valence electrons. The van der Waals surface area contributed by atoms with Crippen molar-refractivity contribution in [1.29, 1.82) is 0 Å². The Hall–Kier alpha value is -2.45. The van der Waals surface area contributed by atoms with E-state index in [1.165, 1.54) is 0 Å². The molecule has 26 heavy (non-hydrogen) atoms. The smallest absolute Gasteiger partial charge is 0.331 e. The van der Waals surface area contributed by atoms with Gasteiger partial charge in [-0.15, -0.1) is 0 Å². The first kappa shape index (κ1) is 28.4. The van der Waals surface area contributed by atoms with Crippen molar-refractivity contribution in [3.05, 3.63) is 36.5 Å². The summed E-state index contributed by atoms with van der Waals surface area (Å²) < 4.78 is 0. The molecule has 0 radical (unpaired) electrons. The van der Waals surface area contributed by atoms with E-state index in [0.29, 0.717) is 24.8 Å². The molecule has 0 aliphatic heterocycles. The number of aliphatic hydroxyl groups is 2. The molecule has 0 heterocycles. The van der Waals surface area contributed by atoms with Gasteiger partial charge < -0.3 is 25.5 Å². The molecule has 8 nitrogen and oxygen atoms in total. The highest BCUT2D eigenvalue weighted by Gasteiger charge is 2.01. The van der Waals surface area contributed by atoms with Crippen LogP contribution in [0.3, 0.4) is 0 Å². The maximum Gasteiger partial charge on any atom is 0.331 e. The minimum absolute atomic E-state index is 0.0201. The van der Waals surface area contributed by atoms with E-state index in [1.54, 1.807) is 0 Å². The Morgan fingerprint density at radius 1 is 0.654 bits per heavy atom. The standard InChI is InChI=1S/C7H12O2.C6H10O3.C5H8O3/c1-3-4-5-6(2)7(8)9;1-5(6(8)9)3-2-4-7;1-4(2-3-6)5(7)8/h2-5H2,1H3,(H,8,9);7H,1-4H2,(H,8,9);6H,1-3H2,(H,7,8). The molecule has 0 amide bonds. The fourth-order valence-corrected chi connectivity index (χ4v) is 1.14. The van der Waals surface area contributed by atoms with E-state index >= 15 is 0 Å². The number of hydrogen-bond donors (Lipinski definition) is 5. The van der Waals surface area contributed by atoms with E-state index in [-0.39, 0.29) is 30.8 Å². The summed E-state index contributed by atoms with van der Waals surface area (Å²) in [7, 11) is 0. The number of carboxylic acid groups (broad SMARTS) is 3. The van der Waals surface area contributed by atoms with Crippen LogP contribution in [0.2, 0.25) is 0 Å². The monoisotopic (exact) mass is 374 g/mol. The van der Waals surface area contributed by atoms with Crippen LogP contribution < -0.4 is 0 Å². The molecular formula is C18H30O8. The molecule has 0 aromatic heterocycles. The molecule has 0 unspecified atom stereocenters. The number of hydrogen-bond acceptors (Lipinski definition) is 5. The first-order chi connectivity index (χ1) is 12.0. The number of carbonyl (C=O) groups is 3. The topological polar surface area (TPSA) is 152 Å². The zero-order valence-electron chi connectivity index (χ0n) is 15.2. The van der Waals surface area contributed by atoms with E-state index < -0.39 is 17.9 Å². The van der Waals surface area contributed by atoms with Crippen LogP contribution in [0.25, 0.3) is 0 Å². The van der Waals surface area contributed by atoms with Gasteiger partial charge in [0.15, 0.2) is 0 Å². The minimum Gasteiger partial charge on any atom is -0.478 e. The number of carboxylic acids is 3. The van der Waals surface area contributed by atoms with Crippen LogP contribution >= 0.6 is 0 Å². The molecule has 0 saturated heterocycles. The molecule has 8 heteroatoms. The lowest BCUT2D eigenvalue weighted by Gasteiger charge is -1.95. The van der Waals surface area contributed by atoms with E-state index in [9.17, 15) is 14.4 Å². The number of aliphatic carboxylic acids is 3. The summed E-state index contributed by atoms with van der Waals surface area (Å²) in [5.74, 6) is -2.90. The third-order valence-electron chi connectivity index (χ3n) is 2.79. The highest BCUT2D eigenvalue weighted by Crippen LogP contribution is 2.03. The van der Waals surface area contributed by atoms with Crippen molar-refractivity contribution in [1.82, 2.24) is 0 Å². The lowest BCUT2D eigenvalue weighted by atomic mass is 10.1. The van der Waals surface area contributed by atoms with Gasteiger partial charge in [0.05, 0.1) is 0 Å². The van der Waals surface area contributed by atoms with Crippen LogP contribution in [0, 0.1) is 0 Å². The predicted octanol–water partition coefficient (Wildman–Crippen LogP) is 2.23. The first-order valence-corrected chi connectivity index (χ1v) is 7.99. The molecule has 0 aromatic rings. The van der Waals surface area contributed by atoms with Crippen LogP contribution in [-0.4, -0.2) is 56.7 Å². The summed E-state index contributed by atoms with van der Waals surface area (Å²) in [5, 5.41) is 41.1. The average molecular weight is 374 g/mol. The summed E-state index contributed by atoms with van der Waals surface area (Å²) in [6.07, 6.45) is 3.55. The van der Waals surface area contributed by atoms with Gasteiger partial charge in [-0.1, -0.05) is 33.1 Å². The van der Waals surface area contributed by atoms with Crippen molar-refractivity contribution < 1.29 is 39.9 Å². The van der Waals surface area contributed by atoms with E-state index in [1.807, 2.05) is 6.92 Å². The van der Waals surface area contributed by atoms with Crippen LogP contribution in [0.15, 0.2) is 36.5 Å². The van der Waals surface area contributed by atoms with Gasteiger partial charge in [-0.25, -0.2) is 14.4 Å². The molecule has 0 fully saturated rings. The summed E-state index contributed by atoms with van der Waals surface area (Å²) in [5.41, 5.74) is 0.522. The zero-order valence-corrected chi connectivity index (χ0v) is 15.2. The molecule has 0 aliphatic rings. The van der Waals surface area contributed by atoms with Gasteiger partial charge in [0.25, 0.3) is 0 Å². The maximum absolute atomic E-state index is 10.1. The van der Waals surface area contributed by atoms with Gasteiger partial charge in [0.1, 0.15) is 0 Å². The molecule has 0 rings (SSSR count). The number of aliphatic hydroxyl groups excluding tert-OH is 2. The molecule has 5 N–H and O–H groups in total.